The Hall–Kier alpha value is -1.84. The second-order valence-electron chi connectivity index (χ2n) is 6.03. The van der Waals surface area contributed by atoms with Crippen molar-refractivity contribution in [3.63, 3.8) is 0 Å². The summed E-state index contributed by atoms with van der Waals surface area (Å²) in [4.78, 5) is -0.514. The highest BCUT2D eigenvalue weighted by Crippen LogP contribution is 2.45. The Balaban J connectivity index is 1.82. The van der Waals surface area contributed by atoms with Crippen molar-refractivity contribution in [2.45, 2.75) is 29.5 Å². The van der Waals surface area contributed by atoms with Crippen LogP contribution in [0.25, 0.3) is 0 Å². The number of furan rings is 1. The van der Waals surface area contributed by atoms with Crippen LogP contribution in [0, 0.1) is 5.92 Å². The van der Waals surface area contributed by atoms with Gasteiger partial charge in [0.25, 0.3) is 0 Å². The van der Waals surface area contributed by atoms with Gasteiger partial charge in [0.2, 0.25) is 10.0 Å². The largest absolute Gasteiger partial charge is 0.466 e. The predicted octanol–water partition coefficient (Wildman–Crippen LogP) is 2.87. The van der Waals surface area contributed by atoms with Crippen LogP contribution in [0.15, 0.2) is 52.0 Å². The lowest BCUT2D eigenvalue weighted by Crippen LogP contribution is -2.42. The molecular weight excluding hydrogens is 359 g/mol. The first kappa shape index (κ1) is 18.0. The Labute approximate surface area is 142 Å². The average molecular weight is 375 g/mol. The molecule has 2 N–H and O–H groups in total. The standard InChI is InChI=1S/C16H16F3NO4S/c17-16(18,19)12-3-1-4-13(9-12)25(22,23)20-10-15(21,11-6-7-11)14-5-2-8-24-14/h1-5,8-9,11,20-21H,6-7,10H2/t15-/m0/s1. The minimum atomic E-state index is -4.64. The molecule has 0 aliphatic heterocycles. The minimum Gasteiger partial charge on any atom is -0.466 e. The fourth-order valence-corrected chi connectivity index (χ4v) is 3.76. The van der Waals surface area contributed by atoms with Crippen LogP contribution in [0.4, 0.5) is 13.2 Å². The van der Waals surface area contributed by atoms with Crippen molar-refractivity contribution >= 4 is 10.0 Å². The molecule has 0 unspecified atom stereocenters. The summed E-state index contributed by atoms with van der Waals surface area (Å²) in [5.41, 5.74) is -2.59. The second-order valence-corrected chi connectivity index (χ2v) is 7.79. The van der Waals surface area contributed by atoms with E-state index in [1.807, 2.05) is 0 Å². The number of alkyl halides is 3. The van der Waals surface area contributed by atoms with E-state index in [2.05, 4.69) is 4.72 Å². The number of halogens is 3. The highest BCUT2D eigenvalue weighted by Gasteiger charge is 2.47. The summed E-state index contributed by atoms with van der Waals surface area (Å²) in [6.07, 6.45) is -1.86. The number of aliphatic hydroxyl groups is 1. The smallest absolute Gasteiger partial charge is 0.416 e. The van der Waals surface area contributed by atoms with Gasteiger partial charge in [0.1, 0.15) is 11.4 Å². The van der Waals surface area contributed by atoms with Gasteiger partial charge in [-0.1, -0.05) is 6.07 Å². The molecule has 1 saturated carbocycles. The summed E-state index contributed by atoms with van der Waals surface area (Å²) < 4.78 is 70.4. The molecule has 25 heavy (non-hydrogen) atoms. The number of hydrogen-bond acceptors (Lipinski definition) is 4. The highest BCUT2D eigenvalue weighted by molar-refractivity contribution is 7.89. The van der Waals surface area contributed by atoms with E-state index in [1.54, 1.807) is 6.07 Å². The van der Waals surface area contributed by atoms with E-state index in [-0.39, 0.29) is 18.2 Å². The zero-order valence-corrected chi connectivity index (χ0v) is 13.8. The topological polar surface area (TPSA) is 79.5 Å². The van der Waals surface area contributed by atoms with E-state index in [0.717, 1.165) is 18.2 Å². The summed E-state index contributed by atoms with van der Waals surface area (Å²) in [5.74, 6) is 0.0598. The van der Waals surface area contributed by atoms with Crippen LogP contribution in [-0.4, -0.2) is 20.1 Å². The maximum atomic E-state index is 12.8. The van der Waals surface area contributed by atoms with Gasteiger partial charge in [-0.3, -0.25) is 0 Å². The van der Waals surface area contributed by atoms with Gasteiger partial charge in [0, 0.05) is 6.54 Å². The van der Waals surface area contributed by atoms with E-state index in [1.165, 1.54) is 12.3 Å². The molecule has 0 radical (unpaired) electrons. The molecule has 1 aliphatic carbocycles. The maximum absolute atomic E-state index is 12.8. The van der Waals surface area contributed by atoms with Crippen LogP contribution in [-0.2, 0) is 21.8 Å². The van der Waals surface area contributed by atoms with Crippen LogP contribution in [0.5, 0.6) is 0 Å². The SMILES string of the molecule is O=S(=O)(NC[C@@](O)(c1ccco1)C1CC1)c1cccc(C(F)(F)F)c1. The molecule has 0 amide bonds. The summed E-state index contributed by atoms with van der Waals surface area (Å²) >= 11 is 0. The third-order valence-corrected chi connectivity index (χ3v) is 5.60. The number of sulfonamides is 1. The van der Waals surface area contributed by atoms with Crippen molar-refractivity contribution in [3.05, 3.63) is 54.0 Å². The molecule has 1 fully saturated rings. The monoisotopic (exact) mass is 375 g/mol. The highest BCUT2D eigenvalue weighted by atomic mass is 32.2. The molecule has 0 saturated heterocycles. The zero-order chi connectivity index (χ0) is 18.3. The number of benzene rings is 1. The molecule has 1 heterocycles. The quantitative estimate of drug-likeness (QED) is 0.814. The van der Waals surface area contributed by atoms with Gasteiger partial charge in [0.15, 0.2) is 0 Å². The molecule has 0 spiro atoms. The third kappa shape index (κ3) is 3.73. The van der Waals surface area contributed by atoms with Gasteiger partial charge in [-0.05, 0) is 49.1 Å². The molecule has 3 rings (SSSR count). The molecule has 2 aromatic rings. The molecule has 136 valence electrons. The van der Waals surface area contributed by atoms with Crippen molar-refractivity contribution in [1.82, 2.24) is 4.72 Å². The van der Waals surface area contributed by atoms with Crippen molar-refractivity contribution in [1.29, 1.82) is 0 Å². The van der Waals surface area contributed by atoms with Crippen LogP contribution >= 0.6 is 0 Å². The van der Waals surface area contributed by atoms with Gasteiger partial charge < -0.3 is 9.52 Å². The minimum absolute atomic E-state index is 0.164. The normalized spacial score (nSPS) is 18.1. The fraction of sp³-hybridized carbons (Fsp3) is 0.375. The van der Waals surface area contributed by atoms with Crippen molar-refractivity contribution in [3.8, 4) is 0 Å². The molecule has 0 bridgehead atoms. The van der Waals surface area contributed by atoms with Gasteiger partial charge >= 0.3 is 6.18 Å². The molecule has 1 aromatic heterocycles. The first-order chi connectivity index (χ1) is 11.6. The molecule has 1 atom stereocenters. The molecule has 1 aliphatic rings. The number of nitrogens with one attached hydrogen (secondary N) is 1. The van der Waals surface area contributed by atoms with Crippen LogP contribution in [0.3, 0.4) is 0 Å². The van der Waals surface area contributed by atoms with Gasteiger partial charge in [-0.2, -0.15) is 13.2 Å². The lowest BCUT2D eigenvalue weighted by Gasteiger charge is -2.26. The first-order valence-corrected chi connectivity index (χ1v) is 9.04. The summed E-state index contributed by atoms with van der Waals surface area (Å²) in [6.45, 7) is -0.385. The Morgan fingerprint density at radius 1 is 1.20 bits per heavy atom. The van der Waals surface area contributed by atoms with E-state index in [0.29, 0.717) is 18.9 Å². The van der Waals surface area contributed by atoms with E-state index in [4.69, 9.17) is 4.42 Å². The lowest BCUT2D eigenvalue weighted by molar-refractivity contribution is -0.137. The van der Waals surface area contributed by atoms with E-state index < -0.39 is 32.3 Å². The Morgan fingerprint density at radius 2 is 1.92 bits per heavy atom. The summed E-state index contributed by atoms with van der Waals surface area (Å²) in [6, 6.07) is 6.56. The second kappa shape index (κ2) is 6.15. The maximum Gasteiger partial charge on any atom is 0.416 e. The van der Waals surface area contributed by atoms with Crippen LogP contribution in [0.1, 0.15) is 24.2 Å². The van der Waals surface area contributed by atoms with Gasteiger partial charge in [-0.25, -0.2) is 13.1 Å². The number of rotatable bonds is 6. The summed E-state index contributed by atoms with van der Waals surface area (Å²) in [5, 5.41) is 10.8. The zero-order valence-electron chi connectivity index (χ0n) is 13.0. The molecule has 9 heteroatoms. The third-order valence-electron chi connectivity index (χ3n) is 4.20. The van der Waals surface area contributed by atoms with Crippen molar-refractivity contribution < 1.29 is 31.1 Å². The van der Waals surface area contributed by atoms with Crippen molar-refractivity contribution in [2.75, 3.05) is 6.54 Å². The molecule has 5 nitrogen and oxygen atoms in total. The number of hydrogen-bond donors (Lipinski definition) is 2. The Morgan fingerprint density at radius 3 is 2.48 bits per heavy atom. The van der Waals surface area contributed by atoms with Gasteiger partial charge in [-0.15, -0.1) is 0 Å². The first-order valence-electron chi connectivity index (χ1n) is 7.56. The van der Waals surface area contributed by atoms with E-state index in [9.17, 15) is 26.7 Å². The molecule has 1 aromatic carbocycles. The fourth-order valence-electron chi connectivity index (χ4n) is 2.65. The van der Waals surface area contributed by atoms with Crippen LogP contribution in [0.2, 0.25) is 0 Å². The van der Waals surface area contributed by atoms with Gasteiger partial charge in [0.05, 0.1) is 16.7 Å². The molecular formula is C16H16F3NO4S. The Kier molecular flexibility index (Phi) is 4.42. The van der Waals surface area contributed by atoms with E-state index >= 15 is 0 Å². The Bertz CT molecular complexity index is 845. The van der Waals surface area contributed by atoms with Crippen LogP contribution < -0.4 is 4.72 Å². The summed E-state index contributed by atoms with van der Waals surface area (Å²) in [7, 11) is -4.22. The van der Waals surface area contributed by atoms with Crippen molar-refractivity contribution in [2.24, 2.45) is 5.92 Å². The average Bonchev–Trinajstić information content (AvgIpc) is 3.27. The lowest BCUT2D eigenvalue weighted by atomic mass is 9.95. The predicted molar refractivity (Wildman–Crippen MR) is 82.0 cm³/mol.